The van der Waals surface area contributed by atoms with Gasteiger partial charge in [-0.3, -0.25) is 0 Å². The van der Waals surface area contributed by atoms with E-state index in [4.69, 9.17) is 22.3 Å². The van der Waals surface area contributed by atoms with E-state index in [2.05, 4.69) is 0 Å². The van der Waals surface area contributed by atoms with Crippen molar-refractivity contribution in [3.05, 3.63) is 0 Å². The van der Waals surface area contributed by atoms with Crippen LogP contribution in [0, 0.1) is 5.92 Å². The van der Waals surface area contributed by atoms with Crippen LogP contribution in [0.2, 0.25) is 0 Å². The van der Waals surface area contributed by atoms with Gasteiger partial charge in [0.15, 0.2) is 0 Å². The van der Waals surface area contributed by atoms with Gasteiger partial charge in [-0.15, -0.1) is 11.6 Å². The SMILES string of the molecule is CC(C)CC(Cl)S(=O)(=O)Cl. The van der Waals surface area contributed by atoms with Gasteiger partial charge in [0.25, 0.3) is 0 Å². The molecule has 0 bridgehead atoms. The molecular weight excluding hydrogens is 195 g/mol. The summed E-state index contributed by atoms with van der Waals surface area (Å²) in [7, 11) is 1.41. The Morgan fingerprint density at radius 3 is 1.90 bits per heavy atom. The zero-order valence-corrected chi connectivity index (χ0v) is 8.17. The third-order valence-corrected chi connectivity index (χ3v) is 3.57. The maximum Gasteiger partial charge on any atom is 0.249 e. The van der Waals surface area contributed by atoms with Crippen LogP contribution in [0.4, 0.5) is 0 Å². The van der Waals surface area contributed by atoms with Crippen molar-refractivity contribution in [3.63, 3.8) is 0 Å². The molecule has 0 aromatic carbocycles. The average molecular weight is 205 g/mol. The smallest absolute Gasteiger partial charge is 0.211 e. The molecule has 0 aliphatic heterocycles. The van der Waals surface area contributed by atoms with Crippen LogP contribution in [0.1, 0.15) is 20.3 Å². The van der Waals surface area contributed by atoms with Crippen LogP contribution in [0.5, 0.6) is 0 Å². The zero-order chi connectivity index (χ0) is 8.36. The maximum atomic E-state index is 10.5. The third-order valence-electron chi connectivity index (χ3n) is 0.962. The molecule has 0 radical (unpaired) electrons. The lowest BCUT2D eigenvalue weighted by atomic mass is 10.2. The molecular formula is C5H10Cl2O2S. The van der Waals surface area contributed by atoms with Gasteiger partial charge in [-0.05, 0) is 12.3 Å². The monoisotopic (exact) mass is 204 g/mol. The molecule has 0 aromatic heterocycles. The van der Waals surface area contributed by atoms with E-state index in [1.54, 1.807) is 0 Å². The summed E-state index contributed by atoms with van der Waals surface area (Å²) in [5, 5.41) is 0. The van der Waals surface area contributed by atoms with E-state index in [0.29, 0.717) is 6.42 Å². The normalized spacial score (nSPS) is 15.7. The highest BCUT2D eigenvalue weighted by molar-refractivity contribution is 8.15. The fraction of sp³-hybridized carbons (Fsp3) is 1.00. The first-order valence-electron chi connectivity index (χ1n) is 2.91. The molecule has 0 fully saturated rings. The van der Waals surface area contributed by atoms with Crippen molar-refractivity contribution >= 4 is 31.3 Å². The van der Waals surface area contributed by atoms with Crippen LogP contribution >= 0.6 is 22.3 Å². The lowest BCUT2D eigenvalue weighted by molar-refractivity contribution is 0.573. The van der Waals surface area contributed by atoms with Crippen molar-refractivity contribution < 1.29 is 8.42 Å². The molecule has 0 saturated heterocycles. The quantitative estimate of drug-likeness (QED) is 0.522. The van der Waals surface area contributed by atoms with E-state index < -0.39 is 13.8 Å². The first-order chi connectivity index (χ1) is 4.34. The number of hydrogen-bond donors (Lipinski definition) is 0. The predicted molar refractivity (Wildman–Crippen MR) is 43.9 cm³/mol. The molecule has 0 rings (SSSR count). The lowest BCUT2D eigenvalue weighted by Gasteiger charge is -2.06. The predicted octanol–water partition coefficient (Wildman–Crippen LogP) is 2.17. The van der Waals surface area contributed by atoms with Gasteiger partial charge in [-0.2, -0.15) is 0 Å². The lowest BCUT2D eigenvalue weighted by Crippen LogP contribution is -2.11. The standard InChI is InChI=1S/C5H10Cl2O2S/c1-4(2)3-5(6)10(7,8)9/h4-5H,3H2,1-2H3. The molecule has 0 aliphatic rings. The highest BCUT2D eigenvalue weighted by Crippen LogP contribution is 2.19. The average Bonchev–Trinajstić information content (AvgIpc) is 1.60. The van der Waals surface area contributed by atoms with Crippen LogP contribution in [-0.2, 0) is 9.05 Å². The Bertz CT molecular complexity index is 186. The molecule has 0 aliphatic carbocycles. The summed E-state index contributed by atoms with van der Waals surface area (Å²) in [6.45, 7) is 3.77. The van der Waals surface area contributed by atoms with Crippen molar-refractivity contribution in [1.29, 1.82) is 0 Å². The topological polar surface area (TPSA) is 34.1 Å². The molecule has 0 heterocycles. The van der Waals surface area contributed by atoms with Crippen molar-refractivity contribution in [1.82, 2.24) is 0 Å². The van der Waals surface area contributed by atoms with Gasteiger partial charge in [0, 0.05) is 10.7 Å². The summed E-state index contributed by atoms with van der Waals surface area (Å²) in [5.41, 5.74) is 0. The van der Waals surface area contributed by atoms with Gasteiger partial charge < -0.3 is 0 Å². The molecule has 0 spiro atoms. The Kier molecular flexibility index (Phi) is 3.99. The zero-order valence-electron chi connectivity index (χ0n) is 5.84. The molecule has 0 aromatic rings. The summed E-state index contributed by atoms with van der Waals surface area (Å²) in [4.78, 5) is 0. The summed E-state index contributed by atoms with van der Waals surface area (Å²) in [6.07, 6.45) is 0.396. The van der Waals surface area contributed by atoms with Gasteiger partial charge in [0.2, 0.25) is 9.05 Å². The number of rotatable bonds is 3. The van der Waals surface area contributed by atoms with Gasteiger partial charge in [-0.25, -0.2) is 8.42 Å². The Balaban J connectivity index is 3.99. The van der Waals surface area contributed by atoms with Crippen LogP contribution < -0.4 is 0 Å². The van der Waals surface area contributed by atoms with Crippen molar-refractivity contribution in [2.24, 2.45) is 5.92 Å². The van der Waals surface area contributed by atoms with Crippen LogP contribution in [0.25, 0.3) is 0 Å². The number of hydrogen-bond acceptors (Lipinski definition) is 2. The molecule has 2 nitrogen and oxygen atoms in total. The van der Waals surface area contributed by atoms with Gasteiger partial charge >= 0.3 is 0 Å². The first-order valence-corrected chi connectivity index (χ1v) is 5.72. The van der Waals surface area contributed by atoms with Gasteiger partial charge in [0.1, 0.15) is 4.71 Å². The maximum absolute atomic E-state index is 10.5. The molecule has 1 atom stereocenters. The first kappa shape index (κ1) is 10.5. The van der Waals surface area contributed by atoms with Crippen LogP contribution in [0.15, 0.2) is 0 Å². The highest BCUT2D eigenvalue weighted by atomic mass is 35.7. The van der Waals surface area contributed by atoms with E-state index in [1.807, 2.05) is 13.8 Å². The second kappa shape index (κ2) is 3.79. The van der Waals surface area contributed by atoms with Crippen molar-refractivity contribution in [2.75, 3.05) is 0 Å². The van der Waals surface area contributed by atoms with Crippen LogP contribution in [0.3, 0.4) is 0 Å². The molecule has 0 saturated carbocycles. The van der Waals surface area contributed by atoms with Crippen LogP contribution in [-0.4, -0.2) is 13.1 Å². The second-order valence-electron chi connectivity index (χ2n) is 2.52. The third kappa shape index (κ3) is 4.36. The Morgan fingerprint density at radius 2 is 1.80 bits per heavy atom. The van der Waals surface area contributed by atoms with Gasteiger partial charge in [-0.1, -0.05) is 13.8 Å². The Morgan fingerprint density at radius 1 is 1.40 bits per heavy atom. The molecule has 62 valence electrons. The van der Waals surface area contributed by atoms with E-state index in [-0.39, 0.29) is 5.92 Å². The fourth-order valence-electron chi connectivity index (χ4n) is 0.486. The molecule has 0 N–H and O–H groups in total. The van der Waals surface area contributed by atoms with Crippen molar-refractivity contribution in [3.8, 4) is 0 Å². The summed E-state index contributed by atoms with van der Waals surface area (Å²) in [5.74, 6) is 0.246. The minimum atomic E-state index is -3.56. The van der Waals surface area contributed by atoms with Crippen molar-refractivity contribution in [2.45, 2.75) is 25.0 Å². The largest absolute Gasteiger partial charge is 0.249 e. The van der Waals surface area contributed by atoms with Gasteiger partial charge in [0.05, 0.1) is 0 Å². The molecule has 1 unspecified atom stereocenters. The fourth-order valence-corrected chi connectivity index (χ4v) is 1.67. The minimum Gasteiger partial charge on any atom is -0.211 e. The Labute approximate surface area is 70.9 Å². The summed E-state index contributed by atoms with van der Waals surface area (Å²) in [6, 6.07) is 0. The van der Waals surface area contributed by atoms with E-state index >= 15 is 0 Å². The Hall–Kier alpha value is 0.530. The minimum absolute atomic E-state index is 0.246. The van der Waals surface area contributed by atoms with E-state index in [0.717, 1.165) is 0 Å². The molecule has 0 amide bonds. The summed E-state index contributed by atoms with van der Waals surface area (Å²) >= 11 is 5.43. The summed E-state index contributed by atoms with van der Waals surface area (Å²) < 4.78 is 20.1. The van der Waals surface area contributed by atoms with E-state index in [9.17, 15) is 8.42 Å². The molecule has 10 heavy (non-hydrogen) atoms. The highest BCUT2D eigenvalue weighted by Gasteiger charge is 2.20. The second-order valence-corrected chi connectivity index (χ2v) is 6.11. The molecule has 5 heteroatoms. The number of alkyl halides is 1. The van der Waals surface area contributed by atoms with E-state index in [1.165, 1.54) is 0 Å². The number of halogens is 2.